The number of halogens is 4. The van der Waals surface area contributed by atoms with Gasteiger partial charge < -0.3 is 10.3 Å². The molecule has 54 heavy (non-hydrogen) atoms. The Morgan fingerprint density at radius 2 is 1.46 bits per heavy atom. The van der Waals surface area contributed by atoms with Gasteiger partial charge in [0.2, 0.25) is 17.8 Å². The van der Waals surface area contributed by atoms with E-state index in [0.717, 1.165) is 44.7 Å². The lowest BCUT2D eigenvalue weighted by molar-refractivity contribution is -0.130. The van der Waals surface area contributed by atoms with Crippen molar-refractivity contribution >= 4 is 28.2 Å². The summed E-state index contributed by atoms with van der Waals surface area (Å²) in [5.41, 5.74) is 3.70. The molecule has 1 amide bonds. The van der Waals surface area contributed by atoms with Gasteiger partial charge in [-0.25, -0.2) is 22.5 Å². The summed E-state index contributed by atoms with van der Waals surface area (Å²) in [7, 11) is 0. The Morgan fingerprint density at radius 1 is 0.852 bits per heavy atom. The molecule has 0 radical (unpaired) electrons. The van der Waals surface area contributed by atoms with Crippen LogP contribution in [0.3, 0.4) is 0 Å². The second-order valence-corrected chi connectivity index (χ2v) is 17.8. The van der Waals surface area contributed by atoms with Gasteiger partial charge in [-0.3, -0.25) is 14.6 Å². The molecule has 2 heterocycles. The smallest absolute Gasteiger partial charge is 0.248 e. The summed E-state index contributed by atoms with van der Waals surface area (Å²) in [6.07, 6.45) is 4.19. The summed E-state index contributed by atoms with van der Waals surface area (Å²) < 4.78 is 54.8. The lowest BCUT2D eigenvalue weighted by Gasteiger charge is -2.34. The van der Waals surface area contributed by atoms with E-state index < -0.39 is 17.8 Å². The zero-order valence-electron chi connectivity index (χ0n) is 32.2. The zero-order valence-corrected chi connectivity index (χ0v) is 32.2. The maximum atomic E-state index is 13.7. The molecule has 3 aromatic rings. The Bertz CT molecular complexity index is 2000. The number of aromatic nitrogens is 2. The number of imidazole rings is 1. The zero-order chi connectivity index (χ0) is 39.1. The number of nitrogens with one attached hydrogen (secondary N) is 2. The number of aromatic amines is 1. The maximum Gasteiger partial charge on any atom is 0.248 e. The molecule has 10 heteroatoms. The minimum absolute atomic E-state index is 0.0382. The quantitative estimate of drug-likeness (QED) is 0.178. The van der Waals surface area contributed by atoms with E-state index in [2.05, 4.69) is 54.0 Å². The Kier molecular flexibility index (Phi) is 11.0. The van der Waals surface area contributed by atoms with E-state index in [1.165, 1.54) is 0 Å². The molecule has 2 aromatic carbocycles. The molecule has 0 spiro atoms. The molecule has 6 nitrogen and oxygen atoms in total. The van der Waals surface area contributed by atoms with Crippen molar-refractivity contribution in [3.63, 3.8) is 0 Å². The van der Waals surface area contributed by atoms with Gasteiger partial charge in [0.05, 0.1) is 17.9 Å². The Morgan fingerprint density at radius 3 is 2.09 bits per heavy atom. The van der Waals surface area contributed by atoms with Crippen molar-refractivity contribution in [2.45, 2.75) is 130 Å². The monoisotopic (exact) mass is 744 g/mol. The van der Waals surface area contributed by atoms with Crippen LogP contribution < -0.4 is 5.32 Å². The highest BCUT2D eigenvalue weighted by atomic mass is 19.3. The van der Waals surface area contributed by atoms with E-state index in [4.69, 9.17) is 4.98 Å². The van der Waals surface area contributed by atoms with Crippen LogP contribution in [0, 0.1) is 34.5 Å². The fourth-order valence-corrected chi connectivity index (χ4v) is 7.91. The topological polar surface area (TPSA) is 87.2 Å². The molecule has 2 N–H and O–H groups in total. The van der Waals surface area contributed by atoms with Crippen LogP contribution in [0.4, 0.5) is 17.6 Å². The number of carbonyl (C=O) groups is 2. The normalized spacial score (nSPS) is 20.4. The predicted molar refractivity (Wildman–Crippen MR) is 206 cm³/mol. The number of hydrogen-bond acceptors (Lipinski definition) is 4. The number of carbonyl (C=O) groups excluding carboxylic acids is 2. The number of Topliss-reactive ketones (excluding diaryl/α,β-unsaturated/α-hetero) is 1. The molecule has 1 aliphatic heterocycles. The van der Waals surface area contributed by atoms with Gasteiger partial charge in [-0.15, -0.1) is 0 Å². The van der Waals surface area contributed by atoms with Crippen molar-refractivity contribution in [2.24, 2.45) is 27.7 Å². The average molecular weight is 745 g/mol. The second kappa shape index (κ2) is 15.1. The number of benzene rings is 2. The molecule has 2 fully saturated rings. The molecule has 6 rings (SSSR count). The predicted octanol–water partition coefficient (Wildman–Crippen LogP) is 10.6. The first-order valence-corrected chi connectivity index (χ1v) is 19.2. The molecule has 0 saturated heterocycles. The van der Waals surface area contributed by atoms with Crippen LogP contribution in [0.5, 0.6) is 0 Å². The van der Waals surface area contributed by atoms with Crippen molar-refractivity contribution in [3.8, 4) is 23.1 Å². The number of rotatable bonds is 8. The number of ketones is 1. The number of amides is 1. The highest BCUT2D eigenvalue weighted by Gasteiger charge is 2.41. The van der Waals surface area contributed by atoms with Crippen LogP contribution in [0.15, 0.2) is 59.4 Å². The first kappa shape index (κ1) is 39.4. The van der Waals surface area contributed by atoms with Crippen molar-refractivity contribution in [2.75, 3.05) is 0 Å². The number of hydrogen-bond donors (Lipinski definition) is 2. The summed E-state index contributed by atoms with van der Waals surface area (Å²) in [4.78, 5) is 39.2. The molecule has 2 aliphatic carbocycles. The summed E-state index contributed by atoms with van der Waals surface area (Å²) in [6, 6.07) is 11.9. The average Bonchev–Trinajstić information content (AvgIpc) is 3.77. The lowest BCUT2D eigenvalue weighted by Crippen LogP contribution is -2.51. The highest BCUT2D eigenvalue weighted by molar-refractivity contribution is 5.98. The van der Waals surface area contributed by atoms with Gasteiger partial charge >= 0.3 is 0 Å². The molecular formula is C44H52F4N4O2. The molecule has 1 aromatic heterocycles. The van der Waals surface area contributed by atoms with Crippen LogP contribution in [0.1, 0.15) is 123 Å². The first-order valence-electron chi connectivity index (χ1n) is 19.2. The van der Waals surface area contributed by atoms with Crippen molar-refractivity contribution in [1.29, 1.82) is 0 Å². The van der Waals surface area contributed by atoms with Gasteiger partial charge in [-0.2, -0.15) is 0 Å². The highest BCUT2D eigenvalue weighted by Crippen LogP contribution is 2.42. The second-order valence-electron chi connectivity index (χ2n) is 17.8. The van der Waals surface area contributed by atoms with Crippen molar-refractivity contribution in [1.82, 2.24) is 15.3 Å². The van der Waals surface area contributed by atoms with Gasteiger partial charge in [-0.05, 0) is 65.5 Å². The molecule has 0 bridgehead atoms. The van der Waals surface area contributed by atoms with Gasteiger partial charge in [0.25, 0.3) is 0 Å². The van der Waals surface area contributed by atoms with Crippen LogP contribution in [0.25, 0.3) is 22.0 Å². The Labute approximate surface area is 316 Å². The number of allylic oxidation sites excluding steroid dienone is 1. The third-order valence-electron chi connectivity index (χ3n) is 11.4. The van der Waals surface area contributed by atoms with E-state index in [9.17, 15) is 27.2 Å². The van der Waals surface area contributed by atoms with Crippen molar-refractivity contribution < 1.29 is 27.2 Å². The number of nitrogens with zero attached hydrogens (tertiary/aromatic N) is 2. The van der Waals surface area contributed by atoms with Crippen LogP contribution in [0.2, 0.25) is 0 Å². The fourth-order valence-electron chi connectivity index (χ4n) is 7.91. The Hall–Kier alpha value is -4.26. The largest absolute Gasteiger partial charge is 0.347 e. The standard InChI is InChI=1S/C44H52F4N4O2/c1-41(2,3)34(24-37(53)29-13-17-43(45,46)18-14-29)39-50-26-36(51-39)33-12-11-31-21-27(9-10-32(31)23-33)7-8-28-22-35(49-25-28)38(42(4,5)6)52-40(54)30-15-19-44(47,48)20-16-30/h9-12,21,23,25-26,29-30,34,38H,13-20,22,24H2,1-6H3,(H,50,51)(H,52,54)/t34?,38-/m1/s1. The van der Waals surface area contributed by atoms with Gasteiger partial charge in [-0.1, -0.05) is 71.6 Å². The number of alkyl halides is 4. The number of aliphatic imine (C=N–C) groups is 1. The molecule has 3 aliphatic rings. The minimum Gasteiger partial charge on any atom is -0.347 e. The SMILES string of the molecule is CC(C)(C)C(CC(=O)C1CCC(F)(F)CC1)c1ncc(-c2ccc3cc(C#CC4=CN=C([C@@H](NC(=O)C5CCC(F)(F)CC5)C(C)(C)C)C4)ccc3c2)[nH]1. The summed E-state index contributed by atoms with van der Waals surface area (Å²) in [5, 5.41) is 5.18. The van der Waals surface area contributed by atoms with Crippen molar-refractivity contribution in [3.05, 3.63) is 65.8 Å². The van der Waals surface area contributed by atoms with E-state index in [-0.39, 0.29) is 98.2 Å². The van der Waals surface area contributed by atoms with Gasteiger partial charge in [0.15, 0.2) is 0 Å². The number of fused-ring (bicyclic) bond motifs is 1. The summed E-state index contributed by atoms with van der Waals surface area (Å²) in [5.74, 6) is 0.824. The fraction of sp³-hybridized carbons (Fsp3) is 0.545. The molecule has 2 atom stereocenters. The van der Waals surface area contributed by atoms with Crippen LogP contribution in [-0.4, -0.2) is 45.3 Å². The van der Waals surface area contributed by atoms with E-state index in [1.807, 2.05) is 51.1 Å². The first-order chi connectivity index (χ1) is 25.3. The maximum absolute atomic E-state index is 13.7. The van der Waals surface area contributed by atoms with E-state index in [1.54, 1.807) is 12.4 Å². The Balaban J connectivity index is 1.09. The van der Waals surface area contributed by atoms with Gasteiger partial charge in [0, 0.05) is 84.9 Å². The molecule has 2 saturated carbocycles. The van der Waals surface area contributed by atoms with Crippen LogP contribution >= 0.6 is 0 Å². The van der Waals surface area contributed by atoms with E-state index in [0.29, 0.717) is 6.42 Å². The minimum atomic E-state index is -2.68. The molecule has 1 unspecified atom stereocenters. The number of H-pyrrole nitrogens is 1. The van der Waals surface area contributed by atoms with Crippen LogP contribution in [-0.2, 0) is 9.59 Å². The van der Waals surface area contributed by atoms with Gasteiger partial charge in [0.1, 0.15) is 11.6 Å². The molecule has 288 valence electrons. The lowest BCUT2D eigenvalue weighted by atomic mass is 9.74. The third-order valence-corrected chi connectivity index (χ3v) is 11.4. The summed E-state index contributed by atoms with van der Waals surface area (Å²) in [6.45, 7) is 12.3. The third kappa shape index (κ3) is 9.51. The van der Waals surface area contributed by atoms with E-state index >= 15 is 0 Å². The molecular weight excluding hydrogens is 693 g/mol. The summed E-state index contributed by atoms with van der Waals surface area (Å²) >= 11 is 0.